The van der Waals surface area contributed by atoms with E-state index >= 15 is 0 Å². The van der Waals surface area contributed by atoms with E-state index in [1.807, 2.05) is 11.0 Å². The van der Waals surface area contributed by atoms with Gasteiger partial charge in [0.25, 0.3) is 10.0 Å². The minimum Gasteiger partial charge on any atom is -0.379 e. The molecule has 3 aliphatic heterocycles. The Hall–Kier alpha value is -2.27. The molecule has 1 amide bonds. The molecule has 10 heteroatoms. The molecule has 5 rings (SSSR count). The normalized spacial score (nSPS) is 23.6. The lowest BCUT2D eigenvalue weighted by Gasteiger charge is -2.34. The fourth-order valence-electron chi connectivity index (χ4n) is 4.68. The molecule has 1 aromatic heterocycles. The van der Waals surface area contributed by atoms with Crippen LogP contribution in [0.15, 0.2) is 51.1 Å². The predicted molar refractivity (Wildman–Crippen MR) is 122 cm³/mol. The number of likely N-dealkylation sites (tertiary alicyclic amines) is 1. The first-order chi connectivity index (χ1) is 15.5. The van der Waals surface area contributed by atoms with Gasteiger partial charge < -0.3 is 15.0 Å². The Bertz CT molecular complexity index is 1110. The van der Waals surface area contributed by atoms with Gasteiger partial charge in [-0.25, -0.2) is 0 Å². The molecule has 2 saturated heterocycles. The summed E-state index contributed by atoms with van der Waals surface area (Å²) in [5.74, 6) is 0.308. The summed E-state index contributed by atoms with van der Waals surface area (Å²) in [7, 11) is -3.71. The number of rotatable bonds is 5. The molecule has 1 unspecified atom stereocenters. The van der Waals surface area contributed by atoms with Gasteiger partial charge in [0, 0.05) is 36.6 Å². The molecule has 32 heavy (non-hydrogen) atoms. The first-order valence-corrected chi connectivity index (χ1v) is 13.2. The zero-order chi connectivity index (χ0) is 22.1. The van der Waals surface area contributed by atoms with Crippen molar-refractivity contribution >= 4 is 33.1 Å². The van der Waals surface area contributed by atoms with Crippen LogP contribution in [0.2, 0.25) is 0 Å². The maximum Gasteiger partial charge on any atom is 0.285 e. The molecule has 2 aromatic rings. The Morgan fingerprint density at radius 1 is 1.19 bits per heavy atom. The molecule has 2 atom stereocenters. The molecule has 3 aliphatic rings. The van der Waals surface area contributed by atoms with Gasteiger partial charge in [-0.15, -0.1) is 15.7 Å². The molecule has 0 spiro atoms. The van der Waals surface area contributed by atoms with E-state index in [1.165, 1.54) is 4.88 Å². The number of morpholine rings is 1. The minimum atomic E-state index is -3.71. The van der Waals surface area contributed by atoms with E-state index in [2.05, 4.69) is 26.1 Å². The first kappa shape index (κ1) is 21.6. The van der Waals surface area contributed by atoms with Crippen molar-refractivity contribution in [2.24, 2.45) is 4.40 Å². The number of ether oxygens (including phenoxy) is 1. The Balaban J connectivity index is 1.32. The van der Waals surface area contributed by atoms with Gasteiger partial charge in [-0.1, -0.05) is 18.2 Å². The maximum absolute atomic E-state index is 13.2. The first-order valence-electron chi connectivity index (χ1n) is 10.9. The lowest BCUT2D eigenvalue weighted by Crippen LogP contribution is -2.49. The fraction of sp³-hybridized carbons (Fsp3) is 0.455. The van der Waals surface area contributed by atoms with Crippen molar-refractivity contribution in [1.29, 1.82) is 0 Å². The largest absolute Gasteiger partial charge is 0.379 e. The lowest BCUT2D eigenvalue weighted by molar-refractivity contribution is -0.124. The number of sulfonamides is 1. The molecule has 8 nitrogen and oxygen atoms in total. The molecule has 2 fully saturated rings. The van der Waals surface area contributed by atoms with E-state index in [-0.39, 0.29) is 16.8 Å². The average molecular weight is 475 g/mol. The highest BCUT2D eigenvalue weighted by molar-refractivity contribution is 7.90. The van der Waals surface area contributed by atoms with Gasteiger partial charge in [-0.3, -0.25) is 9.69 Å². The van der Waals surface area contributed by atoms with Crippen molar-refractivity contribution < 1.29 is 17.9 Å². The molecule has 0 saturated carbocycles. The van der Waals surface area contributed by atoms with Crippen LogP contribution in [0.3, 0.4) is 0 Å². The summed E-state index contributed by atoms with van der Waals surface area (Å²) in [6.45, 7) is 4.17. The number of amidine groups is 1. The highest BCUT2D eigenvalue weighted by atomic mass is 32.2. The van der Waals surface area contributed by atoms with Gasteiger partial charge in [-0.2, -0.15) is 8.42 Å². The van der Waals surface area contributed by atoms with E-state index in [9.17, 15) is 13.2 Å². The van der Waals surface area contributed by atoms with Crippen molar-refractivity contribution in [3.05, 3.63) is 52.2 Å². The summed E-state index contributed by atoms with van der Waals surface area (Å²) in [5.41, 5.74) is 0.581. The number of nitrogens with one attached hydrogen (secondary N) is 1. The van der Waals surface area contributed by atoms with Gasteiger partial charge in [-0.05, 0) is 36.4 Å². The van der Waals surface area contributed by atoms with Crippen LogP contribution in [0.5, 0.6) is 0 Å². The number of fused-ring (bicyclic) bond motifs is 1. The highest BCUT2D eigenvalue weighted by Crippen LogP contribution is 2.31. The van der Waals surface area contributed by atoms with Crippen LogP contribution in [0.1, 0.15) is 29.3 Å². The lowest BCUT2D eigenvalue weighted by atomic mass is 10.1. The van der Waals surface area contributed by atoms with E-state index < -0.39 is 16.1 Å². The molecule has 1 N–H and O–H groups in total. The SMILES string of the molecule is O=C(NCC(c1cccs1)N1CCOCC1)[C@@H]1CCCN1C1=NS(=O)(=O)c2ccccc21. The van der Waals surface area contributed by atoms with Gasteiger partial charge in [0.15, 0.2) is 5.84 Å². The Morgan fingerprint density at radius 2 is 2.00 bits per heavy atom. The van der Waals surface area contributed by atoms with Crippen molar-refractivity contribution in [1.82, 2.24) is 15.1 Å². The van der Waals surface area contributed by atoms with Gasteiger partial charge >= 0.3 is 0 Å². The van der Waals surface area contributed by atoms with E-state index in [0.717, 1.165) is 19.5 Å². The zero-order valence-electron chi connectivity index (χ0n) is 17.6. The van der Waals surface area contributed by atoms with Crippen LogP contribution in [0, 0.1) is 0 Å². The standard InChI is InChI=1S/C22H26N4O4S2/c27-22(23-15-18(19-7-4-14-31-19)25-10-12-30-13-11-25)17-6-3-9-26(17)21-16-5-1-2-8-20(16)32(28,29)24-21/h1-2,4-5,7-8,14,17-18H,3,6,9-13,15H2,(H,23,27)/t17-,18?/m0/s1. The third kappa shape index (κ3) is 4.07. The van der Waals surface area contributed by atoms with Crippen LogP contribution in [0.4, 0.5) is 0 Å². The Kier molecular flexibility index (Phi) is 6.02. The summed E-state index contributed by atoms with van der Waals surface area (Å²) >= 11 is 1.69. The Labute approximate surface area is 191 Å². The summed E-state index contributed by atoms with van der Waals surface area (Å²) in [6.07, 6.45) is 1.49. The number of benzene rings is 1. The van der Waals surface area contributed by atoms with E-state index in [1.54, 1.807) is 35.6 Å². The molecule has 0 radical (unpaired) electrons. The summed E-state index contributed by atoms with van der Waals surface area (Å²) in [4.78, 5) is 18.9. The smallest absolute Gasteiger partial charge is 0.285 e. The monoisotopic (exact) mass is 474 g/mol. The second-order valence-corrected chi connectivity index (χ2v) is 10.7. The number of thiophene rings is 1. The zero-order valence-corrected chi connectivity index (χ0v) is 19.3. The minimum absolute atomic E-state index is 0.0817. The van der Waals surface area contributed by atoms with E-state index in [0.29, 0.717) is 44.1 Å². The summed E-state index contributed by atoms with van der Waals surface area (Å²) in [5, 5.41) is 5.20. The fourth-order valence-corrected chi connectivity index (χ4v) is 6.76. The van der Waals surface area contributed by atoms with Gasteiger partial charge in [0.05, 0.1) is 19.3 Å². The molecular weight excluding hydrogens is 448 g/mol. The second-order valence-electron chi connectivity index (χ2n) is 8.16. The van der Waals surface area contributed by atoms with Gasteiger partial charge in [0.1, 0.15) is 10.9 Å². The van der Waals surface area contributed by atoms with Crippen molar-refractivity contribution in [3.8, 4) is 0 Å². The third-order valence-corrected chi connectivity index (χ3v) is 8.57. The van der Waals surface area contributed by atoms with Crippen LogP contribution >= 0.6 is 11.3 Å². The average Bonchev–Trinajstić information content (AvgIpc) is 3.55. The number of amides is 1. The maximum atomic E-state index is 13.2. The topological polar surface area (TPSA) is 91.3 Å². The number of carbonyl (C=O) groups excluding carboxylic acids is 1. The molecular formula is C22H26N4O4S2. The molecule has 170 valence electrons. The van der Waals surface area contributed by atoms with Crippen LogP contribution in [-0.4, -0.2) is 75.4 Å². The molecule has 4 heterocycles. The molecule has 0 aliphatic carbocycles. The second kappa shape index (κ2) is 8.93. The number of carbonyl (C=O) groups is 1. The van der Waals surface area contributed by atoms with Crippen LogP contribution < -0.4 is 5.32 Å². The predicted octanol–water partition coefficient (Wildman–Crippen LogP) is 1.85. The summed E-state index contributed by atoms with van der Waals surface area (Å²) < 4.78 is 34.5. The summed E-state index contributed by atoms with van der Waals surface area (Å²) in [6, 6.07) is 10.6. The number of hydrogen-bond acceptors (Lipinski definition) is 7. The van der Waals surface area contributed by atoms with Crippen LogP contribution in [-0.2, 0) is 19.6 Å². The highest BCUT2D eigenvalue weighted by Gasteiger charge is 2.39. The van der Waals surface area contributed by atoms with Crippen molar-refractivity contribution in [2.45, 2.75) is 29.8 Å². The molecule has 0 bridgehead atoms. The number of nitrogens with zero attached hydrogens (tertiary/aromatic N) is 3. The van der Waals surface area contributed by atoms with Crippen LogP contribution in [0.25, 0.3) is 0 Å². The Morgan fingerprint density at radius 3 is 2.78 bits per heavy atom. The quantitative estimate of drug-likeness (QED) is 0.711. The van der Waals surface area contributed by atoms with E-state index in [4.69, 9.17) is 4.74 Å². The van der Waals surface area contributed by atoms with Gasteiger partial charge in [0.2, 0.25) is 5.91 Å². The van der Waals surface area contributed by atoms with Crippen molar-refractivity contribution in [2.75, 3.05) is 39.4 Å². The van der Waals surface area contributed by atoms with Crippen molar-refractivity contribution in [3.63, 3.8) is 0 Å². The third-order valence-electron chi connectivity index (χ3n) is 6.27. The number of hydrogen-bond donors (Lipinski definition) is 1. The molecule has 1 aromatic carbocycles.